The largest absolute Gasteiger partial charge is 0.507 e. The molecule has 1 atom stereocenters. The minimum atomic E-state index is -0.663. The van der Waals surface area contributed by atoms with Crippen molar-refractivity contribution in [2.45, 2.75) is 19.0 Å². The fourth-order valence-electron chi connectivity index (χ4n) is 3.73. The van der Waals surface area contributed by atoms with Crippen molar-refractivity contribution in [2.24, 2.45) is 0 Å². The molecule has 0 aliphatic carbocycles. The van der Waals surface area contributed by atoms with Crippen molar-refractivity contribution < 1.29 is 14.7 Å². The van der Waals surface area contributed by atoms with Gasteiger partial charge in [-0.15, -0.1) is 0 Å². The molecule has 0 saturated carbocycles. The smallest absolute Gasteiger partial charge is 0.295 e. The van der Waals surface area contributed by atoms with Gasteiger partial charge in [0.15, 0.2) is 0 Å². The maximum Gasteiger partial charge on any atom is 0.295 e. The molecule has 1 amide bonds. The topological polar surface area (TPSA) is 75.4 Å². The molecule has 1 aliphatic heterocycles. The number of amides is 1. The number of ketones is 1. The molecule has 1 saturated heterocycles. The van der Waals surface area contributed by atoms with Crippen molar-refractivity contribution in [3.63, 3.8) is 0 Å². The minimum Gasteiger partial charge on any atom is -0.507 e. The van der Waals surface area contributed by atoms with Gasteiger partial charge >= 0.3 is 0 Å². The summed E-state index contributed by atoms with van der Waals surface area (Å²) in [7, 11) is 0. The zero-order valence-corrected chi connectivity index (χ0v) is 17.7. The summed E-state index contributed by atoms with van der Waals surface area (Å²) >= 11 is 3.46. The normalized spacial score (nSPS) is 18.2. The van der Waals surface area contributed by atoms with Gasteiger partial charge in [-0.1, -0.05) is 58.4 Å². The number of imidazole rings is 1. The summed E-state index contributed by atoms with van der Waals surface area (Å²) in [4.78, 5) is 31.4. The number of aryl methyl sites for hydroxylation is 1. The van der Waals surface area contributed by atoms with E-state index in [0.717, 1.165) is 10.0 Å². The number of carbonyl (C=O) groups is 2. The van der Waals surface area contributed by atoms with Crippen LogP contribution in [0.25, 0.3) is 5.76 Å². The number of carbonyl (C=O) groups excluding carboxylic acids is 2. The number of hydrogen-bond donors (Lipinski definition) is 1. The third kappa shape index (κ3) is 3.93. The highest BCUT2D eigenvalue weighted by Gasteiger charge is 2.45. The molecule has 0 radical (unpaired) electrons. The molecule has 30 heavy (non-hydrogen) atoms. The molecule has 4 rings (SSSR count). The Morgan fingerprint density at radius 3 is 2.57 bits per heavy atom. The first-order chi connectivity index (χ1) is 14.6. The Morgan fingerprint density at radius 1 is 1.07 bits per heavy atom. The molecule has 7 heteroatoms. The van der Waals surface area contributed by atoms with E-state index < -0.39 is 17.7 Å². The van der Waals surface area contributed by atoms with Crippen molar-refractivity contribution >= 4 is 33.4 Å². The molecule has 0 spiro atoms. The molecule has 6 nitrogen and oxygen atoms in total. The quantitative estimate of drug-likeness (QED) is 0.337. The van der Waals surface area contributed by atoms with Crippen molar-refractivity contribution in [1.82, 2.24) is 14.5 Å². The lowest BCUT2D eigenvalue weighted by Gasteiger charge is -2.25. The van der Waals surface area contributed by atoms with E-state index in [-0.39, 0.29) is 11.3 Å². The second-order valence-electron chi connectivity index (χ2n) is 7.07. The fraction of sp³-hybridized carbons (Fsp3) is 0.174. The highest BCUT2D eigenvalue weighted by atomic mass is 79.9. The van der Waals surface area contributed by atoms with Gasteiger partial charge < -0.3 is 14.6 Å². The van der Waals surface area contributed by atoms with Gasteiger partial charge in [-0.25, -0.2) is 4.98 Å². The first kappa shape index (κ1) is 20.1. The van der Waals surface area contributed by atoms with E-state index in [4.69, 9.17) is 0 Å². The molecule has 152 valence electrons. The highest BCUT2D eigenvalue weighted by molar-refractivity contribution is 9.10. The van der Waals surface area contributed by atoms with Gasteiger partial charge in [0.25, 0.3) is 11.7 Å². The van der Waals surface area contributed by atoms with Gasteiger partial charge in [-0.05, 0) is 24.1 Å². The number of likely N-dealkylation sites (tertiary alicyclic amines) is 1. The fourth-order valence-corrected chi connectivity index (χ4v) is 4.14. The summed E-state index contributed by atoms with van der Waals surface area (Å²) in [6, 6.07) is 15.7. The summed E-state index contributed by atoms with van der Waals surface area (Å²) in [5, 5.41) is 11.0. The molecule has 1 N–H and O–H groups in total. The van der Waals surface area contributed by atoms with E-state index in [2.05, 4.69) is 20.9 Å². The summed E-state index contributed by atoms with van der Waals surface area (Å²) in [5.41, 5.74) is 1.39. The number of hydrogen-bond acceptors (Lipinski definition) is 4. The monoisotopic (exact) mass is 465 g/mol. The van der Waals surface area contributed by atoms with E-state index >= 15 is 0 Å². The van der Waals surface area contributed by atoms with Gasteiger partial charge in [0, 0.05) is 35.5 Å². The van der Waals surface area contributed by atoms with Crippen molar-refractivity contribution in [3.05, 3.63) is 94.5 Å². The molecule has 3 aromatic rings. The highest BCUT2D eigenvalue weighted by Crippen LogP contribution is 2.40. The Balaban J connectivity index is 1.73. The van der Waals surface area contributed by atoms with Crippen molar-refractivity contribution in [3.8, 4) is 0 Å². The third-order valence-electron chi connectivity index (χ3n) is 5.13. The van der Waals surface area contributed by atoms with Gasteiger partial charge in [-0.2, -0.15) is 0 Å². The van der Waals surface area contributed by atoms with Crippen LogP contribution in [0.5, 0.6) is 0 Å². The Hall–Kier alpha value is -3.19. The zero-order chi connectivity index (χ0) is 21.1. The van der Waals surface area contributed by atoms with E-state index in [1.165, 1.54) is 0 Å². The Bertz CT molecular complexity index is 1090. The predicted octanol–water partition coefficient (Wildman–Crippen LogP) is 4.16. The van der Waals surface area contributed by atoms with Crippen LogP contribution in [0, 0.1) is 0 Å². The minimum absolute atomic E-state index is 0.118. The molecular weight excluding hydrogens is 446 g/mol. The second-order valence-corrected chi connectivity index (χ2v) is 7.98. The van der Waals surface area contributed by atoms with Crippen LogP contribution < -0.4 is 0 Å². The molecule has 2 aromatic carbocycles. The van der Waals surface area contributed by atoms with E-state index in [1.807, 2.05) is 41.1 Å². The molecule has 0 bridgehead atoms. The maximum atomic E-state index is 13.0. The van der Waals surface area contributed by atoms with Crippen LogP contribution in [0.15, 0.2) is 83.4 Å². The molecule has 1 aromatic heterocycles. The van der Waals surface area contributed by atoms with Gasteiger partial charge in [0.1, 0.15) is 5.76 Å². The first-order valence-electron chi connectivity index (χ1n) is 9.61. The van der Waals surface area contributed by atoms with Crippen LogP contribution in [0.3, 0.4) is 0 Å². The third-order valence-corrected chi connectivity index (χ3v) is 5.62. The van der Waals surface area contributed by atoms with Crippen LogP contribution >= 0.6 is 15.9 Å². The maximum absolute atomic E-state index is 13.0. The molecule has 1 aliphatic rings. The van der Waals surface area contributed by atoms with E-state index in [9.17, 15) is 14.7 Å². The lowest BCUT2D eigenvalue weighted by atomic mass is 9.95. The lowest BCUT2D eigenvalue weighted by molar-refractivity contribution is -0.139. The molecule has 2 heterocycles. The van der Waals surface area contributed by atoms with Gasteiger partial charge in [0.2, 0.25) is 0 Å². The number of rotatable bonds is 6. The number of aromatic nitrogens is 2. The van der Waals surface area contributed by atoms with Gasteiger partial charge in [-0.3, -0.25) is 9.59 Å². The number of Topliss-reactive ketones (excluding diaryl/α,β-unsaturated/α-hetero) is 1. The lowest BCUT2D eigenvalue weighted by Crippen LogP contribution is -2.31. The van der Waals surface area contributed by atoms with Crippen LogP contribution in [0.4, 0.5) is 0 Å². The van der Waals surface area contributed by atoms with Crippen LogP contribution in [-0.4, -0.2) is 37.8 Å². The average Bonchev–Trinajstić information content (AvgIpc) is 3.36. The Kier molecular flexibility index (Phi) is 5.81. The number of benzene rings is 2. The van der Waals surface area contributed by atoms with Gasteiger partial charge in [0.05, 0.1) is 17.9 Å². The van der Waals surface area contributed by atoms with Crippen LogP contribution in [0.2, 0.25) is 0 Å². The number of nitrogens with zero attached hydrogens (tertiary/aromatic N) is 3. The average molecular weight is 466 g/mol. The van der Waals surface area contributed by atoms with Crippen molar-refractivity contribution in [2.75, 3.05) is 6.54 Å². The Morgan fingerprint density at radius 2 is 1.87 bits per heavy atom. The van der Waals surface area contributed by atoms with E-state index in [1.54, 1.807) is 41.7 Å². The number of halogens is 1. The van der Waals surface area contributed by atoms with E-state index in [0.29, 0.717) is 25.1 Å². The summed E-state index contributed by atoms with van der Waals surface area (Å²) in [6.45, 7) is 1.05. The summed E-state index contributed by atoms with van der Waals surface area (Å²) in [6.07, 6.45) is 5.93. The molecular formula is C23H20BrN3O3. The summed E-state index contributed by atoms with van der Waals surface area (Å²) < 4.78 is 2.76. The summed E-state index contributed by atoms with van der Waals surface area (Å²) in [5.74, 6) is -1.41. The standard InChI is InChI=1S/C23H20BrN3O3/c24-18-9-4-8-17(14-18)20-19(21(28)16-6-2-1-3-7-16)22(29)23(30)27(20)12-5-11-26-13-10-25-15-26/h1-4,6-10,13-15,20,28H,5,11-12H2/b21-19+/t20-/m1/s1. The SMILES string of the molecule is O=C1C(=O)N(CCCn2ccnc2)[C@H](c2cccc(Br)c2)/C1=C(\O)c1ccccc1. The first-order valence-corrected chi connectivity index (χ1v) is 10.4. The number of aliphatic hydroxyl groups excluding tert-OH is 1. The van der Waals surface area contributed by atoms with Crippen LogP contribution in [-0.2, 0) is 16.1 Å². The predicted molar refractivity (Wildman–Crippen MR) is 116 cm³/mol. The molecule has 1 fully saturated rings. The second kappa shape index (κ2) is 8.67. The molecule has 0 unspecified atom stereocenters. The van der Waals surface area contributed by atoms with Crippen LogP contribution in [0.1, 0.15) is 23.6 Å². The van der Waals surface area contributed by atoms with Crippen molar-refractivity contribution in [1.29, 1.82) is 0 Å². The Labute approximate surface area is 182 Å². The number of aliphatic hydroxyl groups is 1. The zero-order valence-electron chi connectivity index (χ0n) is 16.1.